The minimum Gasteiger partial charge on any atom is -0.396 e. The van der Waals surface area contributed by atoms with Crippen LogP contribution in [0.5, 0.6) is 0 Å². The molecule has 2 aliphatic heterocycles. The Bertz CT molecular complexity index is 2410. The van der Waals surface area contributed by atoms with Crippen molar-refractivity contribution in [1.29, 1.82) is 0 Å². The number of carbonyl (C=O) groups is 6. The van der Waals surface area contributed by atoms with Crippen molar-refractivity contribution in [1.82, 2.24) is 19.9 Å². The number of hydrogen-bond acceptors (Lipinski definition) is 11. The molecule has 14 nitrogen and oxygen atoms in total. The van der Waals surface area contributed by atoms with Crippen molar-refractivity contribution in [2.45, 2.75) is 19.8 Å². The van der Waals surface area contributed by atoms with Crippen molar-refractivity contribution >= 4 is 58.3 Å². The summed E-state index contributed by atoms with van der Waals surface area (Å²) in [5, 5.41) is 2.54. The number of imide groups is 2. The molecule has 2 aromatic heterocycles. The van der Waals surface area contributed by atoms with Crippen molar-refractivity contribution in [3.05, 3.63) is 166 Å². The van der Waals surface area contributed by atoms with Crippen LogP contribution in [0.1, 0.15) is 84.7 Å². The lowest BCUT2D eigenvalue weighted by atomic mass is 10.0. The number of hydrogen-bond donors (Lipinski definition) is 2. The Balaban J connectivity index is 0.918. The highest BCUT2D eigenvalue weighted by atomic mass is 16.2. The summed E-state index contributed by atoms with van der Waals surface area (Å²) in [4.78, 5) is 97.5. The van der Waals surface area contributed by atoms with E-state index >= 15 is 0 Å². The number of nitrogens with one attached hydrogen (secondary N) is 1. The van der Waals surface area contributed by atoms with Gasteiger partial charge in [-0.05, 0) is 84.6 Å². The van der Waals surface area contributed by atoms with Crippen LogP contribution < -0.4 is 20.9 Å². The molecule has 3 N–H and O–H groups in total. The van der Waals surface area contributed by atoms with Crippen molar-refractivity contribution in [3.8, 4) is 0 Å². The number of nitrogens with zero attached hydrogens (tertiary/aromatic N) is 6. The van der Waals surface area contributed by atoms with Crippen LogP contribution in [-0.2, 0) is 12.8 Å². The van der Waals surface area contributed by atoms with Crippen LogP contribution in [0, 0.1) is 6.92 Å². The average molecular weight is 729 g/mol. The summed E-state index contributed by atoms with van der Waals surface area (Å²) < 4.78 is 0. The number of fused-ring (bicyclic) bond motifs is 2. The highest BCUT2D eigenvalue weighted by molar-refractivity contribution is 6.35. The zero-order valence-electron chi connectivity index (χ0n) is 29.0. The second-order valence-electron chi connectivity index (χ2n) is 13.0. The van der Waals surface area contributed by atoms with Gasteiger partial charge < -0.3 is 5.73 Å². The maximum absolute atomic E-state index is 13.4. The number of carbonyl (C=O) groups excluding carboxylic acids is 6. The second-order valence-corrected chi connectivity index (χ2v) is 13.0. The lowest BCUT2D eigenvalue weighted by molar-refractivity contribution is 0.0910. The first-order valence-corrected chi connectivity index (χ1v) is 17.0. The first kappa shape index (κ1) is 34.4. The van der Waals surface area contributed by atoms with E-state index < -0.39 is 29.5 Å². The van der Waals surface area contributed by atoms with E-state index in [0.29, 0.717) is 29.3 Å². The molecule has 0 aliphatic carbocycles. The van der Waals surface area contributed by atoms with E-state index in [1.165, 1.54) is 48.8 Å². The van der Waals surface area contributed by atoms with Crippen LogP contribution in [0.15, 0.2) is 110 Å². The predicted molar refractivity (Wildman–Crippen MR) is 200 cm³/mol. The molecule has 0 bridgehead atoms. The quantitative estimate of drug-likeness (QED) is 0.150. The van der Waals surface area contributed by atoms with Gasteiger partial charge in [-0.1, -0.05) is 30.3 Å². The Kier molecular flexibility index (Phi) is 8.54. The molecule has 0 saturated carbocycles. The van der Waals surface area contributed by atoms with Crippen LogP contribution in [-0.4, -0.2) is 55.3 Å². The summed E-state index contributed by atoms with van der Waals surface area (Å²) in [5.41, 5.74) is 10.4. The fourth-order valence-electron chi connectivity index (χ4n) is 6.36. The van der Waals surface area contributed by atoms with E-state index in [9.17, 15) is 28.8 Å². The first-order valence-electron chi connectivity index (χ1n) is 17.0. The summed E-state index contributed by atoms with van der Waals surface area (Å²) in [6.07, 6.45) is 6.40. The van der Waals surface area contributed by atoms with E-state index in [0.717, 1.165) is 26.5 Å². The molecule has 8 rings (SSSR count). The third kappa shape index (κ3) is 6.48. The first-order chi connectivity index (χ1) is 26.5. The number of rotatable bonds is 9. The van der Waals surface area contributed by atoms with E-state index in [1.54, 1.807) is 60.9 Å². The van der Waals surface area contributed by atoms with Gasteiger partial charge in [-0.2, -0.15) is 0 Å². The van der Waals surface area contributed by atoms with E-state index in [4.69, 9.17) is 5.73 Å². The lowest BCUT2D eigenvalue weighted by Gasteiger charge is -2.15. The molecule has 4 heterocycles. The highest BCUT2D eigenvalue weighted by Gasteiger charge is 2.38. The molecule has 0 fully saturated rings. The van der Waals surface area contributed by atoms with Crippen LogP contribution >= 0.6 is 0 Å². The monoisotopic (exact) mass is 728 g/mol. The standard InChI is InChI=1S/C41H28N8O6/c1-22-18-43-35(44-19-22)17-34(50)25-6-12-30-32(15-25)39(54)48(37(30)52)28-8-2-23(3-9-28)14-24-4-10-29(11-5-24)49-38(53)31-13-7-26(16-33(31)40(49)55)36(51)47-41-45-20-27(42)21-46-41/h2-13,15-16,18-21H,14,17,42H2,1H3,(H,45,46,47,51). The molecular weight excluding hydrogens is 701 g/mol. The van der Waals surface area contributed by atoms with Gasteiger partial charge in [-0.15, -0.1) is 0 Å². The molecule has 4 aromatic carbocycles. The van der Waals surface area contributed by atoms with E-state index in [2.05, 4.69) is 25.3 Å². The number of nitrogen functional groups attached to an aromatic ring is 1. The summed E-state index contributed by atoms with van der Waals surface area (Å²) in [7, 11) is 0. The Morgan fingerprint density at radius 2 is 1.07 bits per heavy atom. The number of ketones is 1. The minimum atomic E-state index is -0.561. The number of Topliss-reactive ketones (excluding diaryl/α,β-unsaturated/α-hetero) is 1. The van der Waals surface area contributed by atoms with Crippen molar-refractivity contribution < 1.29 is 28.8 Å². The fourth-order valence-corrected chi connectivity index (χ4v) is 6.36. The van der Waals surface area contributed by atoms with Gasteiger partial charge in [-0.25, -0.2) is 29.7 Å². The maximum atomic E-state index is 13.4. The third-order valence-electron chi connectivity index (χ3n) is 9.20. The number of aryl methyl sites for hydroxylation is 1. The van der Waals surface area contributed by atoms with Crippen LogP contribution in [0.2, 0.25) is 0 Å². The summed E-state index contributed by atoms with van der Waals surface area (Å²) in [6, 6.07) is 22.6. The van der Waals surface area contributed by atoms with E-state index in [-0.39, 0.29) is 51.5 Å². The number of amides is 5. The molecule has 6 aromatic rings. The van der Waals surface area contributed by atoms with Crippen molar-refractivity contribution in [3.63, 3.8) is 0 Å². The second kappa shape index (κ2) is 13.7. The number of aromatic nitrogens is 4. The number of anilines is 4. The van der Waals surface area contributed by atoms with Gasteiger partial charge in [0, 0.05) is 23.5 Å². The topological polar surface area (TPSA) is 199 Å². The predicted octanol–water partition coefficient (Wildman–Crippen LogP) is 5.03. The van der Waals surface area contributed by atoms with Gasteiger partial charge in [0.25, 0.3) is 29.5 Å². The molecular formula is C41H28N8O6. The lowest BCUT2D eigenvalue weighted by Crippen LogP contribution is -2.29. The van der Waals surface area contributed by atoms with Gasteiger partial charge in [0.15, 0.2) is 5.78 Å². The Morgan fingerprint density at radius 3 is 1.60 bits per heavy atom. The fraction of sp³-hybridized carbons (Fsp3) is 0.0732. The Hall–Kier alpha value is -7.74. The normalized spacial score (nSPS) is 13.3. The molecule has 0 saturated heterocycles. The smallest absolute Gasteiger partial charge is 0.266 e. The number of nitrogens with two attached hydrogens (primary N) is 1. The molecule has 268 valence electrons. The maximum Gasteiger partial charge on any atom is 0.266 e. The summed E-state index contributed by atoms with van der Waals surface area (Å²) >= 11 is 0. The Labute approximate surface area is 312 Å². The summed E-state index contributed by atoms with van der Waals surface area (Å²) in [5.74, 6) is -2.49. The average Bonchev–Trinajstić information content (AvgIpc) is 3.60. The molecule has 55 heavy (non-hydrogen) atoms. The van der Waals surface area contributed by atoms with Crippen LogP contribution in [0.25, 0.3) is 0 Å². The highest BCUT2D eigenvalue weighted by Crippen LogP contribution is 2.32. The SMILES string of the molecule is Cc1cnc(CC(=O)c2ccc3c(c2)C(=O)N(c2ccc(Cc4ccc(N5C(=O)c6ccc(C(=O)Nc7ncc(N)cn7)cc6C5=O)cc4)cc2)C3=O)nc1. The minimum absolute atomic E-state index is 0.0379. The van der Waals surface area contributed by atoms with Crippen molar-refractivity contribution in [2.75, 3.05) is 20.9 Å². The van der Waals surface area contributed by atoms with Crippen LogP contribution in [0.3, 0.4) is 0 Å². The van der Waals surface area contributed by atoms with Crippen molar-refractivity contribution in [2.24, 2.45) is 0 Å². The zero-order chi connectivity index (χ0) is 38.4. The van der Waals surface area contributed by atoms with E-state index in [1.807, 2.05) is 6.92 Å². The van der Waals surface area contributed by atoms with Gasteiger partial charge in [0.2, 0.25) is 5.95 Å². The largest absolute Gasteiger partial charge is 0.396 e. The number of benzene rings is 4. The van der Waals surface area contributed by atoms with Crippen LogP contribution in [0.4, 0.5) is 23.0 Å². The molecule has 0 unspecified atom stereocenters. The van der Waals surface area contributed by atoms with Gasteiger partial charge in [-0.3, -0.25) is 34.1 Å². The molecule has 5 amide bonds. The third-order valence-corrected chi connectivity index (χ3v) is 9.20. The molecule has 0 atom stereocenters. The molecule has 14 heteroatoms. The van der Waals surface area contributed by atoms with Gasteiger partial charge in [0.1, 0.15) is 5.82 Å². The van der Waals surface area contributed by atoms with Gasteiger partial charge in [0.05, 0.1) is 58.1 Å². The van der Waals surface area contributed by atoms with Gasteiger partial charge >= 0.3 is 0 Å². The molecule has 0 spiro atoms. The molecule has 0 radical (unpaired) electrons. The summed E-state index contributed by atoms with van der Waals surface area (Å²) in [6.45, 7) is 1.85. The zero-order valence-corrected chi connectivity index (χ0v) is 29.0. The molecule has 2 aliphatic rings. The Morgan fingerprint density at radius 1 is 0.600 bits per heavy atom.